The maximum absolute atomic E-state index is 13.3. The summed E-state index contributed by atoms with van der Waals surface area (Å²) >= 11 is 5.63. The molecule has 3 heterocycles. The molecule has 34 heavy (non-hydrogen) atoms. The van der Waals surface area contributed by atoms with E-state index < -0.39 is 41.7 Å². The van der Waals surface area contributed by atoms with Gasteiger partial charge in [-0.15, -0.1) is 0 Å². The van der Waals surface area contributed by atoms with Crippen LogP contribution in [0.3, 0.4) is 0 Å². The van der Waals surface area contributed by atoms with Crippen LogP contribution in [-0.2, 0) is 13.1 Å². The zero-order valence-electron chi connectivity index (χ0n) is 17.1. The van der Waals surface area contributed by atoms with Crippen molar-refractivity contribution in [3.63, 3.8) is 0 Å². The van der Waals surface area contributed by atoms with E-state index in [2.05, 4.69) is 15.5 Å². The predicted octanol–water partition coefficient (Wildman–Crippen LogP) is 5.69. The van der Waals surface area contributed by atoms with E-state index in [0.29, 0.717) is 15.9 Å². The Morgan fingerprint density at radius 2 is 1.91 bits per heavy atom. The van der Waals surface area contributed by atoms with E-state index in [9.17, 15) is 26.7 Å². The highest BCUT2D eigenvalue weighted by molar-refractivity contribution is 6.32. The number of anilines is 1. The molecule has 1 amide bonds. The molecule has 1 N–H and O–H groups in total. The van der Waals surface area contributed by atoms with Gasteiger partial charge in [0.25, 0.3) is 18.8 Å². The molecule has 0 saturated carbocycles. The quantitative estimate of drug-likeness (QED) is 0.316. The van der Waals surface area contributed by atoms with Gasteiger partial charge in [-0.25, -0.2) is 22.0 Å². The average Bonchev–Trinajstić information content (AvgIpc) is 3.48. The van der Waals surface area contributed by atoms with Crippen LogP contribution in [0.25, 0.3) is 0 Å². The third kappa shape index (κ3) is 5.11. The van der Waals surface area contributed by atoms with Crippen molar-refractivity contribution < 1.29 is 31.2 Å². The van der Waals surface area contributed by atoms with E-state index in [0.717, 1.165) is 0 Å². The van der Waals surface area contributed by atoms with Crippen LogP contribution in [0.5, 0.6) is 0 Å². The van der Waals surface area contributed by atoms with Crippen molar-refractivity contribution in [1.29, 1.82) is 0 Å². The number of carbonyl (C=O) groups is 1. The molecule has 0 spiro atoms. The lowest BCUT2D eigenvalue weighted by Gasteiger charge is -2.05. The topological polar surface area (TPSA) is 77.9 Å². The first-order valence-electron chi connectivity index (χ1n) is 9.70. The molecule has 0 bridgehead atoms. The lowest BCUT2D eigenvalue weighted by Crippen LogP contribution is -2.10. The highest BCUT2D eigenvalue weighted by Crippen LogP contribution is 2.35. The number of halogens is 6. The molecule has 0 radical (unpaired) electrons. The Kier molecular flexibility index (Phi) is 6.68. The Balaban J connectivity index is 1.43. The number of alkyl halides is 4. The van der Waals surface area contributed by atoms with E-state index in [-0.39, 0.29) is 23.9 Å². The minimum absolute atomic E-state index is 0.0221. The van der Waals surface area contributed by atoms with Gasteiger partial charge >= 0.3 is 0 Å². The van der Waals surface area contributed by atoms with Gasteiger partial charge < -0.3 is 9.73 Å². The molecular formula is C21H15ClF5N5O2. The van der Waals surface area contributed by atoms with Gasteiger partial charge in [0.05, 0.1) is 30.0 Å². The molecule has 0 unspecified atom stereocenters. The number of amides is 1. The number of furan rings is 1. The monoisotopic (exact) mass is 499 g/mol. The Labute approximate surface area is 193 Å². The van der Waals surface area contributed by atoms with Gasteiger partial charge in [0.1, 0.15) is 23.0 Å². The Hall–Kier alpha value is -3.67. The third-order valence-electron chi connectivity index (χ3n) is 4.69. The number of carbonyl (C=O) groups excluding carboxylic acids is 1. The van der Waals surface area contributed by atoms with Crippen LogP contribution in [0, 0.1) is 5.82 Å². The number of benzene rings is 1. The molecule has 1 aromatic carbocycles. The number of hydrogen-bond donors (Lipinski definition) is 1. The van der Waals surface area contributed by atoms with Crippen molar-refractivity contribution in [2.75, 3.05) is 5.32 Å². The van der Waals surface area contributed by atoms with E-state index in [1.54, 1.807) is 12.1 Å². The molecule has 0 aliphatic heterocycles. The first-order chi connectivity index (χ1) is 16.2. The van der Waals surface area contributed by atoms with Gasteiger partial charge in [0, 0.05) is 6.20 Å². The van der Waals surface area contributed by atoms with Crippen LogP contribution in [0.4, 0.5) is 27.6 Å². The molecule has 0 fully saturated rings. The van der Waals surface area contributed by atoms with Crippen LogP contribution in [-0.4, -0.2) is 25.5 Å². The second kappa shape index (κ2) is 9.67. The van der Waals surface area contributed by atoms with Gasteiger partial charge in [-0.05, 0) is 29.8 Å². The van der Waals surface area contributed by atoms with Crippen LogP contribution < -0.4 is 5.32 Å². The van der Waals surface area contributed by atoms with E-state index in [4.69, 9.17) is 16.0 Å². The molecular weight excluding hydrogens is 485 g/mol. The van der Waals surface area contributed by atoms with Crippen molar-refractivity contribution in [2.24, 2.45) is 0 Å². The van der Waals surface area contributed by atoms with Crippen LogP contribution in [0.1, 0.15) is 46.1 Å². The largest absolute Gasteiger partial charge is 0.454 e. The van der Waals surface area contributed by atoms with E-state index in [1.807, 2.05) is 0 Å². The average molecular weight is 500 g/mol. The zero-order chi connectivity index (χ0) is 24.4. The number of aromatic nitrogens is 4. The number of nitrogens with zero attached hydrogens (tertiary/aromatic N) is 4. The van der Waals surface area contributed by atoms with E-state index in [1.165, 1.54) is 41.3 Å². The van der Waals surface area contributed by atoms with Crippen molar-refractivity contribution in [2.45, 2.75) is 25.9 Å². The highest BCUT2D eigenvalue weighted by Gasteiger charge is 2.28. The smallest absolute Gasteiger partial charge is 0.291 e. The Morgan fingerprint density at radius 3 is 2.62 bits per heavy atom. The molecule has 4 aromatic rings. The molecule has 7 nitrogen and oxygen atoms in total. The summed E-state index contributed by atoms with van der Waals surface area (Å²) in [6.45, 7) is -0.164. The summed E-state index contributed by atoms with van der Waals surface area (Å²) in [4.78, 5) is 12.5. The van der Waals surface area contributed by atoms with Crippen molar-refractivity contribution in [1.82, 2.24) is 19.6 Å². The summed E-state index contributed by atoms with van der Waals surface area (Å²) in [5, 5.41) is 9.29. The lowest BCUT2D eigenvalue weighted by atomic mass is 10.2. The minimum Gasteiger partial charge on any atom is -0.454 e. The summed E-state index contributed by atoms with van der Waals surface area (Å²) < 4.78 is 73.3. The van der Waals surface area contributed by atoms with Gasteiger partial charge in [-0.2, -0.15) is 10.2 Å². The molecule has 4 rings (SSSR count). The van der Waals surface area contributed by atoms with Crippen LogP contribution in [0.2, 0.25) is 5.02 Å². The van der Waals surface area contributed by atoms with Gasteiger partial charge in [0.15, 0.2) is 5.76 Å². The normalized spacial score (nSPS) is 11.5. The molecule has 0 atom stereocenters. The van der Waals surface area contributed by atoms with Crippen LogP contribution >= 0.6 is 11.6 Å². The lowest BCUT2D eigenvalue weighted by molar-refractivity contribution is 0.0994. The first kappa shape index (κ1) is 23.5. The predicted molar refractivity (Wildman–Crippen MR) is 111 cm³/mol. The molecule has 0 aliphatic rings. The van der Waals surface area contributed by atoms with Gasteiger partial charge in [-0.3, -0.25) is 14.2 Å². The standard InChI is InChI=1S/C21H15ClF5N5O2/c22-16-17(19(24)25)30-32(18(16)20(26)27)10-14-4-5-15(34-14)21(33)29-13-7-28-31(9-13)8-11-2-1-3-12(23)6-11/h1-7,9,19-20H,8,10H2,(H,29,33). The molecule has 0 aliphatic carbocycles. The number of rotatable bonds is 8. The molecule has 13 heteroatoms. The van der Waals surface area contributed by atoms with Crippen molar-refractivity contribution >= 4 is 23.2 Å². The second-order valence-electron chi connectivity index (χ2n) is 7.12. The summed E-state index contributed by atoms with van der Waals surface area (Å²) in [5.74, 6) is -1.17. The Bertz CT molecular complexity index is 1320. The fourth-order valence-electron chi connectivity index (χ4n) is 3.20. The second-order valence-corrected chi connectivity index (χ2v) is 7.50. The number of hydrogen-bond acceptors (Lipinski definition) is 4. The fourth-order valence-corrected chi connectivity index (χ4v) is 3.50. The zero-order valence-corrected chi connectivity index (χ0v) is 17.8. The highest BCUT2D eigenvalue weighted by atomic mass is 35.5. The third-order valence-corrected chi connectivity index (χ3v) is 5.07. The first-order valence-corrected chi connectivity index (χ1v) is 10.1. The SMILES string of the molecule is O=C(Nc1cnn(Cc2cccc(F)c2)c1)c1ccc(Cn2nc(C(F)F)c(Cl)c2C(F)F)o1. The van der Waals surface area contributed by atoms with Gasteiger partial charge in [-0.1, -0.05) is 23.7 Å². The molecule has 3 aromatic heterocycles. The Morgan fingerprint density at radius 1 is 1.12 bits per heavy atom. The maximum Gasteiger partial charge on any atom is 0.291 e. The van der Waals surface area contributed by atoms with Crippen molar-refractivity contribution in [3.8, 4) is 0 Å². The summed E-state index contributed by atoms with van der Waals surface area (Å²) in [6.07, 6.45) is -3.37. The minimum atomic E-state index is -3.14. The van der Waals surface area contributed by atoms with E-state index >= 15 is 0 Å². The summed E-state index contributed by atoms with van der Waals surface area (Å²) in [5.41, 5.74) is -0.824. The maximum atomic E-state index is 13.3. The fraction of sp³-hybridized carbons (Fsp3) is 0.190. The van der Waals surface area contributed by atoms with Crippen LogP contribution in [0.15, 0.2) is 53.2 Å². The van der Waals surface area contributed by atoms with Crippen molar-refractivity contribution in [3.05, 3.63) is 88.1 Å². The summed E-state index contributed by atoms with van der Waals surface area (Å²) in [7, 11) is 0. The van der Waals surface area contributed by atoms with Gasteiger partial charge in [0.2, 0.25) is 0 Å². The molecule has 0 saturated heterocycles. The summed E-state index contributed by atoms with van der Waals surface area (Å²) in [6, 6.07) is 8.60. The molecule has 178 valence electrons. The number of nitrogens with one attached hydrogen (secondary N) is 1.